The minimum absolute atomic E-state index is 0.0138. The second-order valence-electron chi connectivity index (χ2n) is 5.91. The average molecular weight is 315 g/mol. The number of hydrogen-bond donors (Lipinski definition) is 1. The summed E-state index contributed by atoms with van der Waals surface area (Å²) in [5.41, 5.74) is 1.84. The van der Waals surface area contributed by atoms with Gasteiger partial charge in [0.15, 0.2) is 0 Å². The molecule has 1 unspecified atom stereocenters. The van der Waals surface area contributed by atoms with Gasteiger partial charge in [0.1, 0.15) is 5.76 Å². The molecule has 0 spiro atoms. The second-order valence-corrected chi connectivity index (χ2v) is 7.56. The Kier molecular flexibility index (Phi) is 4.57. The number of carbonyl (C=O) groups excluding carboxylic acids is 1. The van der Waals surface area contributed by atoms with Crippen molar-refractivity contribution < 1.29 is 9.21 Å². The molecule has 1 aliphatic rings. The maximum atomic E-state index is 12.4. The van der Waals surface area contributed by atoms with Crippen molar-refractivity contribution in [2.45, 2.75) is 49.3 Å². The van der Waals surface area contributed by atoms with Crippen LogP contribution in [-0.4, -0.2) is 11.2 Å². The van der Waals surface area contributed by atoms with Gasteiger partial charge in [-0.15, -0.1) is 11.8 Å². The molecule has 1 amide bonds. The molecule has 22 heavy (non-hydrogen) atoms. The van der Waals surface area contributed by atoms with Crippen LogP contribution in [0.15, 0.2) is 45.9 Å². The van der Waals surface area contributed by atoms with Gasteiger partial charge < -0.3 is 9.73 Å². The van der Waals surface area contributed by atoms with Crippen LogP contribution in [0.5, 0.6) is 0 Å². The first kappa shape index (κ1) is 15.2. The Balaban J connectivity index is 1.68. The Morgan fingerprint density at radius 3 is 2.77 bits per heavy atom. The summed E-state index contributed by atoms with van der Waals surface area (Å²) in [6.45, 7) is 4.33. The first-order chi connectivity index (χ1) is 10.6. The number of amides is 1. The highest BCUT2D eigenvalue weighted by atomic mass is 32.2. The first-order valence-electron chi connectivity index (χ1n) is 7.77. The molecule has 1 aromatic carbocycles. The van der Waals surface area contributed by atoms with E-state index in [0.717, 1.165) is 30.6 Å². The van der Waals surface area contributed by atoms with Gasteiger partial charge in [-0.25, -0.2) is 0 Å². The first-order valence-corrected chi connectivity index (χ1v) is 8.65. The minimum Gasteiger partial charge on any atom is -0.469 e. The molecule has 1 aromatic heterocycles. The average Bonchev–Trinajstić information content (AvgIpc) is 2.97. The monoisotopic (exact) mass is 315 g/mol. The van der Waals surface area contributed by atoms with E-state index in [4.69, 9.17) is 4.42 Å². The SMILES string of the molecule is CC(C)Sc1ccc(C(=O)NC2CCCc3occc32)cc1. The van der Waals surface area contributed by atoms with E-state index in [0.29, 0.717) is 10.8 Å². The highest BCUT2D eigenvalue weighted by molar-refractivity contribution is 7.99. The van der Waals surface area contributed by atoms with E-state index in [1.54, 1.807) is 18.0 Å². The summed E-state index contributed by atoms with van der Waals surface area (Å²) in [5, 5.41) is 3.67. The zero-order valence-electron chi connectivity index (χ0n) is 13.0. The number of furan rings is 1. The molecule has 0 aliphatic heterocycles. The van der Waals surface area contributed by atoms with Gasteiger partial charge in [0.25, 0.3) is 5.91 Å². The number of carbonyl (C=O) groups is 1. The van der Waals surface area contributed by atoms with Gasteiger partial charge in [-0.05, 0) is 43.2 Å². The fourth-order valence-electron chi connectivity index (χ4n) is 2.83. The third kappa shape index (κ3) is 3.38. The number of nitrogens with one attached hydrogen (secondary N) is 1. The molecule has 1 heterocycles. The van der Waals surface area contributed by atoms with Gasteiger partial charge in [0.05, 0.1) is 12.3 Å². The van der Waals surface area contributed by atoms with Crippen LogP contribution in [0.1, 0.15) is 54.4 Å². The van der Waals surface area contributed by atoms with Crippen LogP contribution in [0, 0.1) is 0 Å². The summed E-state index contributed by atoms with van der Waals surface area (Å²) in [6.07, 6.45) is 4.71. The summed E-state index contributed by atoms with van der Waals surface area (Å²) >= 11 is 1.80. The summed E-state index contributed by atoms with van der Waals surface area (Å²) in [5.74, 6) is 1.00. The van der Waals surface area contributed by atoms with Crippen molar-refractivity contribution in [1.29, 1.82) is 0 Å². The normalized spacial score (nSPS) is 17.3. The van der Waals surface area contributed by atoms with Crippen molar-refractivity contribution in [3.8, 4) is 0 Å². The fourth-order valence-corrected chi connectivity index (χ4v) is 3.67. The van der Waals surface area contributed by atoms with Gasteiger partial charge in [-0.1, -0.05) is 13.8 Å². The van der Waals surface area contributed by atoms with E-state index in [9.17, 15) is 4.79 Å². The van der Waals surface area contributed by atoms with Crippen molar-refractivity contribution in [2.75, 3.05) is 0 Å². The van der Waals surface area contributed by atoms with Crippen molar-refractivity contribution in [3.05, 3.63) is 53.5 Å². The third-order valence-electron chi connectivity index (χ3n) is 3.85. The van der Waals surface area contributed by atoms with Crippen molar-refractivity contribution >= 4 is 17.7 Å². The summed E-state index contributed by atoms with van der Waals surface area (Å²) in [6, 6.07) is 9.88. The molecule has 0 radical (unpaired) electrons. The van der Waals surface area contributed by atoms with E-state index in [1.807, 2.05) is 30.3 Å². The van der Waals surface area contributed by atoms with Crippen LogP contribution < -0.4 is 5.32 Å². The lowest BCUT2D eigenvalue weighted by atomic mass is 9.93. The molecule has 1 atom stereocenters. The van der Waals surface area contributed by atoms with Crippen molar-refractivity contribution in [1.82, 2.24) is 5.32 Å². The van der Waals surface area contributed by atoms with Gasteiger partial charge in [0.2, 0.25) is 0 Å². The molecule has 0 bridgehead atoms. The predicted molar refractivity (Wildman–Crippen MR) is 89.3 cm³/mol. The standard InChI is InChI=1S/C18H21NO2S/c1-12(2)22-14-8-6-13(7-9-14)18(20)19-16-4-3-5-17-15(16)10-11-21-17/h6-12,16H,3-5H2,1-2H3,(H,19,20). The van der Waals surface area contributed by atoms with E-state index in [-0.39, 0.29) is 11.9 Å². The number of hydrogen-bond acceptors (Lipinski definition) is 3. The van der Waals surface area contributed by atoms with Gasteiger partial charge in [-0.3, -0.25) is 4.79 Å². The van der Waals surface area contributed by atoms with E-state index in [2.05, 4.69) is 19.2 Å². The molecule has 2 aromatic rings. The molecule has 3 nitrogen and oxygen atoms in total. The molecule has 4 heteroatoms. The number of benzene rings is 1. The zero-order chi connectivity index (χ0) is 15.5. The highest BCUT2D eigenvalue weighted by Crippen LogP contribution is 2.30. The second kappa shape index (κ2) is 6.61. The molecular formula is C18H21NO2S. The molecule has 0 saturated carbocycles. The summed E-state index contributed by atoms with van der Waals surface area (Å²) < 4.78 is 5.47. The topological polar surface area (TPSA) is 42.2 Å². The summed E-state index contributed by atoms with van der Waals surface area (Å²) in [4.78, 5) is 13.6. The van der Waals surface area contributed by atoms with E-state index in [1.165, 1.54) is 4.90 Å². The van der Waals surface area contributed by atoms with Crippen LogP contribution in [0.4, 0.5) is 0 Å². The molecule has 116 valence electrons. The predicted octanol–water partition coefficient (Wildman–Crippen LogP) is 4.59. The van der Waals surface area contributed by atoms with Gasteiger partial charge in [0, 0.05) is 27.7 Å². The largest absolute Gasteiger partial charge is 0.469 e. The highest BCUT2D eigenvalue weighted by Gasteiger charge is 2.24. The Morgan fingerprint density at radius 1 is 1.27 bits per heavy atom. The third-order valence-corrected chi connectivity index (χ3v) is 4.86. The lowest BCUT2D eigenvalue weighted by Gasteiger charge is -2.22. The number of thioether (sulfide) groups is 1. The Bertz CT molecular complexity index is 645. The van der Waals surface area contributed by atoms with Crippen molar-refractivity contribution in [2.24, 2.45) is 0 Å². The lowest BCUT2D eigenvalue weighted by molar-refractivity contribution is 0.0932. The number of rotatable bonds is 4. The number of aryl methyl sites for hydroxylation is 1. The zero-order valence-corrected chi connectivity index (χ0v) is 13.8. The minimum atomic E-state index is -0.0138. The van der Waals surface area contributed by atoms with E-state index < -0.39 is 0 Å². The molecule has 1 aliphatic carbocycles. The molecule has 1 N–H and O–H groups in total. The quantitative estimate of drug-likeness (QED) is 0.839. The number of fused-ring (bicyclic) bond motifs is 1. The Morgan fingerprint density at radius 2 is 2.05 bits per heavy atom. The fraction of sp³-hybridized carbons (Fsp3) is 0.389. The van der Waals surface area contributed by atoms with Crippen molar-refractivity contribution in [3.63, 3.8) is 0 Å². The maximum absolute atomic E-state index is 12.4. The maximum Gasteiger partial charge on any atom is 0.251 e. The Labute approximate surface area is 135 Å². The van der Waals surface area contributed by atoms with E-state index >= 15 is 0 Å². The molecule has 0 fully saturated rings. The van der Waals surface area contributed by atoms with Crippen LogP contribution in [0.25, 0.3) is 0 Å². The van der Waals surface area contributed by atoms with Crippen LogP contribution >= 0.6 is 11.8 Å². The molecule has 0 saturated heterocycles. The molecular weight excluding hydrogens is 294 g/mol. The van der Waals surface area contributed by atoms with Crippen LogP contribution in [-0.2, 0) is 6.42 Å². The Hall–Kier alpha value is -1.68. The summed E-state index contributed by atoms with van der Waals surface area (Å²) in [7, 11) is 0. The smallest absolute Gasteiger partial charge is 0.251 e. The van der Waals surface area contributed by atoms with Gasteiger partial charge >= 0.3 is 0 Å². The van der Waals surface area contributed by atoms with Crippen LogP contribution in [0.2, 0.25) is 0 Å². The lowest BCUT2D eigenvalue weighted by Crippen LogP contribution is -2.30. The molecule has 3 rings (SSSR count). The van der Waals surface area contributed by atoms with Gasteiger partial charge in [-0.2, -0.15) is 0 Å². The van der Waals surface area contributed by atoms with Crippen LogP contribution in [0.3, 0.4) is 0 Å².